The second-order valence-corrected chi connectivity index (χ2v) is 11.9. The minimum atomic E-state index is -0.713. The van der Waals surface area contributed by atoms with Crippen molar-refractivity contribution in [1.29, 1.82) is 0 Å². The fourth-order valence-corrected chi connectivity index (χ4v) is 7.85. The number of rotatable bonds is 7. The Balaban J connectivity index is 1.47. The van der Waals surface area contributed by atoms with Crippen LogP contribution in [0.25, 0.3) is 0 Å². The summed E-state index contributed by atoms with van der Waals surface area (Å²) < 4.78 is 12.9. The molecule has 1 nitrogen and oxygen atoms in total. The average Bonchev–Trinajstić information content (AvgIpc) is 2.75. The zero-order chi connectivity index (χ0) is 20.5. The molecule has 0 spiro atoms. The molecule has 0 saturated carbocycles. The highest BCUT2D eigenvalue weighted by molar-refractivity contribution is 6.59. The summed E-state index contributed by atoms with van der Waals surface area (Å²) >= 11 is 0. The van der Waals surface area contributed by atoms with Gasteiger partial charge < -0.3 is 5.11 Å². The summed E-state index contributed by atoms with van der Waals surface area (Å²) in [5.74, 6) is 6.22. The van der Waals surface area contributed by atoms with Crippen molar-refractivity contribution < 1.29 is 9.50 Å². The topological polar surface area (TPSA) is 20.2 Å². The maximum atomic E-state index is 12.9. The van der Waals surface area contributed by atoms with E-state index in [1.165, 1.54) is 61.9 Å². The Hall–Kier alpha value is -1.89. The molecule has 1 aliphatic rings. The van der Waals surface area contributed by atoms with Gasteiger partial charge in [0.25, 0.3) is 0 Å². The molecule has 154 valence electrons. The van der Waals surface area contributed by atoms with Crippen LogP contribution in [0.3, 0.4) is 0 Å². The molecule has 3 rings (SSSR count). The van der Waals surface area contributed by atoms with Gasteiger partial charge in [-0.05, 0) is 54.2 Å². The second-order valence-electron chi connectivity index (χ2n) is 8.45. The van der Waals surface area contributed by atoms with E-state index in [0.717, 1.165) is 17.0 Å². The van der Waals surface area contributed by atoms with E-state index in [1.807, 2.05) is 0 Å². The van der Waals surface area contributed by atoms with Crippen molar-refractivity contribution in [2.24, 2.45) is 0 Å². The lowest BCUT2D eigenvalue weighted by atomic mass is 9.92. The smallest absolute Gasteiger partial charge is 0.123 e. The second kappa shape index (κ2) is 11.3. The lowest BCUT2D eigenvalue weighted by Crippen LogP contribution is -2.20. The molecule has 1 atom stereocenters. The largest absolute Gasteiger partial charge is 0.380 e. The summed E-state index contributed by atoms with van der Waals surface area (Å²) in [7, 11) is -0.455. The molecule has 29 heavy (non-hydrogen) atoms. The third kappa shape index (κ3) is 7.14. The Kier molecular flexibility index (Phi) is 8.52. The van der Waals surface area contributed by atoms with Crippen molar-refractivity contribution in [2.45, 2.75) is 75.6 Å². The van der Waals surface area contributed by atoms with Crippen molar-refractivity contribution in [3.63, 3.8) is 0 Å². The normalized spacial score (nSPS) is 20.0. The molecule has 0 radical (unpaired) electrons. The number of halogens is 1. The Morgan fingerprint density at radius 1 is 1.03 bits per heavy atom. The Bertz CT molecular complexity index is 795. The number of hydrogen-bond acceptors (Lipinski definition) is 1. The van der Waals surface area contributed by atoms with E-state index >= 15 is 0 Å². The highest BCUT2D eigenvalue weighted by atomic mass is 28.3. The van der Waals surface area contributed by atoms with Gasteiger partial charge in [-0.25, -0.2) is 4.39 Å². The highest BCUT2D eigenvalue weighted by Gasteiger charge is 2.22. The molecule has 2 aromatic rings. The zero-order valence-corrected chi connectivity index (χ0v) is 18.7. The predicted molar refractivity (Wildman–Crippen MR) is 123 cm³/mol. The van der Waals surface area contributed by atoms with Gasteiger partial charge in [0.15, 0.2) is 0 Å². The van der Waals surface area contributed by atoms with Gasteiger partial charge in [0.05, 0.1) is 0 Å². The van der Waals surface area contributed by atoms with Crippen LogP contribution in [0.1, 0.15) is 61.6 Å². The van der Waals surface area contributed by atoms with E-state index in [-0.39, 0.29) is 5.82 Å². The van der Waals surface area contributed by atoms with Gasteiger partial charge in [-0.2, -0.15) is 0 Å². The SMILES string of the molecule is CCCCC[Si@H]1CC[C@H](c2ccc(CC(O)C#Cc3ccc(F)cc3)cc2)CC1. The van der Waals surface area contributed by atoms with Gasteiger partial charge in [0, 0.05) is 20.8 Å². The summed E-state index contributed by atoms with van der Waals surface area (Å²) in [6, 6.07) is 19.4. The molecule has 2 aromatic carbocycles. The van der Waals surface area contributed by atoms with Gasteiger partial charge in [0.1, 0.15) is 11.9 Å². The Morgan fingerprint density at radius 3 is 2.38 bits per heavy atom. The maximum absolute atomic E-state index is 12.9. The minimum Gasteiger partial charge on any atom is -0.380 e. The molecule has 1 unspecified atom stereocenters. The molecular formula is C26H33FOSi. The first-order valence-electron chi connectivity index (χ1n) is 11.2. The lowest BCUT2D eigenvalue weighted by Gasteiger charge is -2.28. The van der Waals surface area contributed by atoms with Crippen molar-refractivity contribution in [3.8, 4) is 11.8 Å². The zero-order valence-electron chi connectivity index (χ0n) is 17.5. The monoisotopic (exact) mass is 408 g/mol. The summed E-state index contributed by atoms with van der Waals surface area (Å²) in [5.41, 5.74) is 3.29. The Labute approximate surface area is 177 Å². The first kappa shape index (κ1) is 21.8. The molecule has 1 N–H and O–H groups in total. The molecule has 0 aliphatic carbocycles. The summed E-state index contributed by atoms with van der Waals surface area (Å²) in [6.45, 7) is 2.29. The van der Waals surface area contributed by atoms with Gasteiger partial charge in [-0.1, -0.05) is 80.4 Å². The third-order valence-corrected chi connectivity index (χ3v) is 9.69. The van der Waals surface area contributed by atoms with Crippen LogP contribution in [0.4, 0.5) is 4.39 Å². The van der Waals surface area contributed by atoms with Crippen LogP contribution in [0.5, 0.6) is 0 Å². The fraction of sp³-hybridized carbons (Fsp3) is 0.462. The maximum Gasteiger partial charge on any atom is 0.123 e. The van der Waals surface area contributed by atoms with Gasteiger partial charge in [-0.3, -0.25) is 0 Å². The average molecular weight is 409 g/mol. The van der Waals surface area contributed by atoms with Crippen LogP contribution in [0.15, 0.2) is 48.5 Å². The van der Waals surface area contributed by atoms with Gasteiger partial charge in [-0.15, -0.1) is 0 Å². The number of aliphatic hydroxyl groups excluding tert-OH is 1. The number of aliphatic hydroxyl groups is 1. The van der Waals surface area contributed by atoms with E-state index in [9.17, 15) is 9.50 Å². The minimum absolute atomic E-state index is 0.275. The molecular weight excluding hydrogens is 375 g/mol. The predicted octanol–water partition coefficient (Wildman–Crippen LogP) is 6.08. The van der Waals surface area contributed by atoms with E-state index in [0.29, 0.717) is 6.42 Å². The van der Waals surface area contributed by atoms with Crippen LogP contribution in [-0.4, -0.2) is 20.0 Å². The number of unbranched alkanes of at least 4 members (excludes halogenated alkanes) is 2. The van der Waals surface area contributed by atoms with Crippen molar-refractivity contribution in [1.82, 2.24) is 0 Å². The first-order valence-corrected chi connectivity index (χ1v) is 13.6. The van der Waals surface area contributed by atoms with Crippen LogP contribution in [-0.2, 0) is 6.42 Å². The Morgan fingerprint density at radius 2 is 1.72 bits per heavy atom. The summed E-state index contributed by atoms with van der Waals surface area (Å²) in [5, 5.41) is 10.2. The van der Waals surface area contributed by atoms with Crippen LogP contribution in [0, 0.1) is 17.7 Å². The quantitative estimate of drug-likeness (QED) is 0.335. The van der Waals surface area contributed by atoms with Gasteiger partial charge >= 0.3 is 0 Å². The molecule has 0 amide bonds. The molecule has 3 heteroatoms. The highest BCUT2D eigenvalue weighted by Crippen LogP contribution is 2.35. The number of benzene rings is 2. The fourth-order valence-electron chi connectivity index (χ4n) is 4.37. The molecule has 0 bridgehead atoms. The molecule has 0 aromatic heterocycles. The molecule has 1 fully saturated rings. The molecule has 1 heterocycles. The van der Waals surface area contributed by atoms with Gasteiger partial charge in [0.2, 0.25) is 0 Å². The van der Waals surface area contributed by atoms with E-state index in [2.05, 4.69) is 43.0 Å². The van der Waals surface area contributed by atoms with Crippen molar-refractivity contribution in [3.05, 3.63) is 71.0 Å². The standard InChI is InChI=1S/C26H33FOSi/c1-2-3-4-17-29-18-15-24(16-19-29)23-10-5-22(6-11-23)20-26(28)14-9-21-7-12-25(27)13-8-21/h5-8,10-13,24,26,28-29H,2-4,15-20H2,1H3/t24-,26?,29-. The molecule has 1 aliphatic heterocycles. The molecule has 1 saturated heterocycles. The van der Waals surface area contributed by atoms with E-state index in [1.54, 1.807) is 18.2 Å². The summed E-state index contributed by atoms with van der Waals surface area (Å²) in [6.07, 6.45) is 6.75. The van der Waals surface area contributed by atoms with Crippen LogP contribution >= 0.6 is 0 Å². The third-order valence-electron chi connectivity index (χ3n) is 6.17. The van der Waals surface area contributed by atoms with E-state index < -0.39 is 14.9 Å². The first-order chi connectivity index (χ1) is 14.1. The lowest BCUT2D eigenvalue weighted by molar-refractivity contribution is 0.233. The number of hydrogen-bond donors (Lipinski definition) is 1. The van der Waals surface area contributed by atoms with E-state index in [4.69, 9.17) is 0 Å². The van der Waals surface area contributed by atoms with Crippen LogP contribution in [0.2, 0.25) is 18.1 Å². The van der Waals surface area contributed by atoms with Crippen molar-refractivity contribution in [2.75, 3.05) is 0 Å². The van der Waals surface area contributed by atoms with Crippen molar-refractivity contribution >= 4 is 8.80 Å². The van der Waals surface area contributed by atoms with Crippen LogP contribution < -0.4 is 0 Å². The summed E-state index contributed by atoms with van der Waals surface area (Å²) in [4.78, 5) is 0.